The number of rotatable bonds is 6. The molecule has 1 atom stereocenters. The second kappa shape index (κ2) is 8.38. The fourth-order valence-corrected chi connectivity index (χ4v) is 4.68. The van der Waals surface area contributed by atoms with E-state index in [2.05, 4.69) is 28.3 Å². The van der Waals surface area contributed by atoms with Gasteiger partial charge in [-0.2, -0.15) is 5.10 Å². The number of aromatic nitrogens is 3. The maximum atomic E-state index is 12.3. The summed E-state index contributed by atoms with van der Waals surface area (Å²) >= 11 is 0. The molecule has 1 saturated heterocycles. The molecule has 2 aromatic rings. The van der Waals surface area contributed by atoms with Crippen molar-refractivity contribution < 1.29 is 4.79 Å². The zero-order valence-electron chi connectivity index (χ0n) is 16.4. The largest absolute Gasteiger partial charge is 0.354 e. The minimum absolute atomic E-state index is 0.184. The van der Waals surface area contributed by atoms with Gasteiger partial charge in [-0.15, -0.1) is 0 Å². The molecule has 1 amide bonds. The summed E-state index contributed by atoms with van der Waals surface area (Å²) in [6.07, 6.45) is 9.96. The van der Waals surface area contributed by atoms with Crippen molar-refractivity contribution in [3.63, 3.8) is 0 Å². The summed E-state index contributed by atoms with van der Waals surface area (Å²) in [4.78, 5) is 19.2. The standard InChI is InChI=1S/C21H31N5O/c1-25-12-9-17(15-25)20-18-8-5-10-23-21(18)26(24-20)13-11-22-19(27)14-16-6-3-2-4-7-16/h5,8,10,16-17H,2-4,6-7,9,11-15H2,1H3,(H,22,27). The van der Waals surface area contributed by atoms with Crippen molar-refractivity contribution in [3.8, 4) is 0 Å². The van der Waals surface area contributed by atoms with E-state index in [4.69, 9.17) is 5.10 Å². The lowest BCUT2D eigenvalue weighted by Gasteiger charge is -2.20. The molecule has 2 fully saturated rings. The lowest BCUT2D eigenvalue weighted by Crippen LogP contribution is -2.29. The molecule has 6 heteroatoms. The molecule has 4 rings (SSSR count). The average Bonchev–Trinajstić information content (AvgIpc) is 3.26. The van der Waals surface area contributed by atoms with Crippen LogP contribution in [0, 0.1) is 5.92 Å². The van der Waals surface area contributed by atoms with Crippen molar-refractivity contribution >= 4 is 16.9 Å². The number of carbonyl (C=O) groups excluding carboxylic acids is 1. The topological polar surface area (TPSA) is 63.1 Å². The SMILES string of the molecule is CN1CCC(c2nn(CCNC(=O)CC3CCCCC3)c3ncccc23)C1. The van der Waals surface area contributed by atoms with Crippen molar-refractivity contribution in [2.45, 2.75) is 57.4 Å². The summed E-state index contributed by atoms with van der Waals surface area (Å²) in [5.41, 5.74) is 2.10. The Morgan fingerprint density at radius 2 is 2.11 bits per heavy atom. The van der Waals surface area contributed by atoms with Crippen LogP contribution in [0.3, 0.4) is 0 Å². The molecule has 2 aliphatic rings. The molecular formula is C21H31N5O. The molecule has 1 N–H and O–H groups in total. The summed E-state index contributed by atoms with van der Waals surface area (Å²) in [6, 6.07) is 4.11. The highest BCUT2D eigenvalue weighted by molar-refractivity contribution is 5.79. The van der Waals surface area contributed by atoms with Crippen molar-refractivity contribution in [1.82, 2.24) is 25.0 Å². The third-order valence-electron chi connectivity index (χ3n) is 6.16. The minimum atomic E-state index is 0.184. The van der Waals surface area contributed by atoms with Crippen LogP contribution in [0.15, 0.2) is 18.3 Å². The lowest BCUT2D eigenvalue weighted by atomic mass is 9.87. The molecule has 0 spiro atoms. The van der Waals surface area contributed by atoms with Crippen molar-refractivity contribution in [1.29, 1.82) is 0 Å². The van der Waals surface area contributed by atoms with Crippen molar-refractivity contribution in [3.05, 3.63) is 24.0 Å². The number of carbonyl (C=O) groups is 1. The fourth-order valence-electron chi connectivity index (χ4n) is 4.68. The van der Waals surface area contributed by atoms with Crippen LogP contribution >= 0.6 is 0 Å². The van der Waals surface area contributed by atoms with Crippen LogP contribution < -0.4 is 5.32 Å². The zero-order chi connectivity index (χ0) is 18.6. The van der Waals surface area contributed by atoms with Gasteiger partial charge in [-0.3, -0.25) is 4.79 Å². The van der Waals surface area contributed by atoms with Gasteiger partial charge in [-0.05, 0) is 50.9 Å². The number of likely N-dealkylation sites (tertiary alicyclic amines) is 1. The maximum absolute atomic E-state index is 12.3. The normalized spacial score (nSPS) is 21.7. The molecule has 1 aliphatic heterocycles. The Morgan fingerprint density at radius 3 is 2.89 bits per heavy atom. The summed E-state index contributed by atoms with van der Waals surface area (Å²) in [7, 11) is 2.17. The molecule has 27 heavy (non-hydrogen) atoms. The molecule has 0 bridgehead atoms. The zero-order valence-corrected chi connectivity index (χ0v) is 16.4. The van der Waals surface area contributed by atoms with E-state index in [1.807, 2.05) is 16.9 Å². The van der Waals surface area contributed by atoms with Gasteiger partial charge < -0.3 is 10.2 Å². The third kappa shape index (κ3) is 4.32. The van der Waals surface area contributed by atoms with Gasteiger partial charge in [0, 0.05) is 37.0 Å². The van der Waals surface area contributed by atoms with Gasteiger partial charge >= 0.3 is 0 Å². The Bertz CT molecular complexity index is 780. The van der Waals surface area contributed by atoms with Crippen LogP contribution in [-0.2, 0) is 11.3 Å². The Hall–Kier alpha value is -1.95. The lowest BCUT2D eigenvalue weighted by molar-refractivity contribution is -0.122. The second-order valence-electron chi connectivity index (χ2n) is 8.29. The Kier molecular flexibility index (Phi) is 5.72. The van der Waals surface area contributed by atoms with Gasteiger partial charge in [-0.25, -0.2) is 9.67 Å². The number of nitrogens with zero attached hydrogens (tertiary/aromatic N) is 4. The first-order valence-electron chi connectivity index (χ1n) is 10.5. The Labute approximate surface area is 161 Å². The first kappa shape index (κ1) is 18.4. The quantitative estimate of drug-likeness (QED) is 0.850. The summed E-state index contributed by atoms with van der Waals surface area (Å²) in [5.74, 6) is 1.24. The highest BCUT2D eigenvalue weighted by Gasteiger charge is 2.26. The van der Waals surface area contributed by atoms with Crippen molar-refractivity contribution in [2.75, 3.05) is 26.7 Å². The van der Waals surface area contributed by atoms with Crippen LogP contribution in [0.25, 0.3) is 11.0 Å². The first-order valence-corrected chi connectivity index (χ1v) is 10.5. The predicted molar refractivity (Wildman–Crippen MR) is 107 cm³/mol. The number of hydrogen-bond donors (Lipinski definition) is 1. The molecule has 146 valence electrons. The number of likely N-dealkylation sites (N-methyl/N-ethyl adjacent to an activating group) is 1. The minimum Gasteiger partial charge on any atom is -0.354 e. The van der Waals surface area contributed by atoms with E-state index < -0.39 is 0 Å². The third-order valence-corrected chi connectivity index (χ3v) is 6.16. The van der Waals surface area contributed by atoms with Crippen LogP contribution in [-0.4, -0.2) is 52.3 Å². The molecule has 6 nitrogen and oxygen atoms in total. The van der Waals surface area contributed by atoms with Gasteiger partial charge in [-0.1, -0.05) is 19.3 Å². The number of amides is 1. The van der Waals surface area contributed by atoms with E-state index in [1.54, 1.807) is 0 Å². The van der Waals surface area contributed by atoms with Crippen molar-refractivity contribution in [2.24, 2.45) is 5.92 Å². The van der Waals surface area contributed by atoms with E-state index in [0.717, 1.165) is 36.2 Å². The molecule has 2 aromatic heterocycles. The second-order valence-corrected chi connectivity index (χ2v) is 8.29. The number of pyridine rings is 1. The average molecular weight is 370 g/mol. The fraction of sp³-hybridized carbons (Fsp3) is 0.667. The highest BCUT2D eigenvalue weighted by atomic mass is 16.1. The van der Waals surface area contributed by atoms with E-state index >= 15 is 0 Å². The van der Waals surface area contributed by atoms with E-state index in [1.165, 1.54) is 32.1 Å². The highest BCUT2D eigenvalue weighted by Crippen LogP contribution is 2.30. The smallest absolute Gasteiger partial charge is 0.220 e. The Morgan fingerprint density at radius 1 is 1.26 bits per heavy atom. The number of fused-ring (bicyclic) bond motifs is 1. The van der Waals surface area contributed by atoms with Gasteiger partial charge in [0.25, 0.3) is 0 Å². The molecular weight excluding hydrogens is 338 g/mol. The van der Waals surface area contributed by atoms with E-state index in [-0.39, 0.29) is 5.91 Å². The molecule has 1 unspecified atom stereocenters. The van der Waals surface area contributed by atoms with Crippen LogP contribution in [0.1, 0.15) is 56.6 Å². The van der Waals surface area contributed by atoms with Gasteiger partial charge in [0.15, 0.2) is 5.65 Å². The van der Waals surface area contributed by atoms with Crippen LogP contribution in [0.2, 0.25) is 0 Å². The van der Waals surface area contributed by atoms with Gasteiger partial charge in [0.2, 0.25) is 5.91 Å². The molecule has 3 heterocycles. The number of nitrogens with one attached hydrogen (secondary N) is 1. The monoisotopic (exact) mass is 369 g/mol. The Balaban J connectivity index is 1.38. The predicted octanol–water partition coefficient (Wildman–Crippen LogP) is 2.94. The number of hydrogen-bond acceptors (Lipinski definition) is 4. The van der Waals surface area contributed by atoms with Gasteiger partial charge in [0.05, 0.1) is 12.2 Å². The molecule has 1 aliphatic carbocycles. The first-order chi connectivity index (χ1) is 13.2. The molecule has 1 saturated carbocycles. The molecule has 0 aromatic carbocycles. The van der Waals surface area contributed by atoms with Gasteiger partial charge in [0.1, 0.15) is 0 Å². The van der Waals surface area contributed by atoms with E-state index in [0.29, 0.717) is 31.3 Å². The maximum Gasteiger partial charge on any atom is 0.220 e. The summed E-state index contributed by atoms with van der Waals surface area (Å²) in [5, 5.41) is 9.15. The summed E-state index contributed by atoms with van der Waals surface area (Å²) < 4.78 is 1.98. The van der Waals surface area contributed by atoms with E-state index in [9.17, 15) is 4.79 Å². The molecule has 0 radical (unpaired) electrons. The van der Waals surface area contributed by atoms with Crippen LogP contribution in [0.4, 0.5) is 0 Å². The van der Waals surface area contributed by atoms with Crippen LogP contribution in [0.5, 0.6) is 0 Å². The summed E-state index contributed by atoms with van der Waals surface area (Å²) in [6.45, 7) is 3.46.